The second-order valence-electron chi connectivity index (χ2n) is 7.73. The maximum absolute atomic E-state index is 13.4. The number of nitrogens with zero attached hydrogens (tertiary/aromatic N) is 2. The SMILES string of the molecule is C/C(=C\c1ccc(Cl)cc1)[C@@H](O)[C@@H]1N=C(c2ccccc2)c2cc(Cl)ccc2N(C)C1=O. The van der Waals surface area contributed by atoms with Crippen LogP contribution in [0.1, 0.15) is 23.6 Å². The molecular formula is C26H22Cl2N2O2. The third kappa shape index (κ3) is 4.49. The van der Waals surface area contributed by atoms with Crippen molar-refractivity contribution < 1.29 is 9.90 Å². The molecule has 0 aromatic heterocycles. The normalized spacial score (nSPS) is 17.5. The lowest BCUT2D eigenvalue weighted by Crippen LogP contribution is -2.42. The van der Waals surface area contributed by atoms with Crippen LogP contribution in [0.2, 0.25) is 10.0 Å². The zero-order valence-electron chi connectivity index (χ0n) is 17.7. The summed E-state index contributed by atoms with van der Waals surface area (Å²) in [5.74, 6) is -0.296. The predicted molar refractivity (Wildman–Crippen MR) is 132 cm³/mol. The van der Waals surface area contributed by atoms with Crippen LogP contribution in [0.15, 0.2) is 83.4 Å². The lowest BCUT2D eigenvalue weighted by Gasteiger charge is -2.24. The van der Waals surface area contributed by atoms with Crippen molar-refractivity contribution in [3.05, 3.63) is 105 Å². The first kappa shape index (κ1) is 22.3. The highest BCUT2D eigenvalue weighted by Crippen LogP contribution is 2.31. The summed E-state index contributed by atoms with van der Waals surface area (Å²) in [6.07, 6.45) is 0.727. The molecule has 3 aromatic rings. The molecule has 0 fully saturated rings. The van der Waals surface area contributed by atoms with Gasteiger partial charge < -0.3 is 10.0 Å². The topological polar surface area (TPSA) is 52.9 Å². The number of likely N-dealkylation sites (N-methyl/N-ethyl adjacent to an activating group) is 1. The summed E-state index contributed by atoms with van der Waals surface area (Å²) in [5.41, 5.74) is 4.39. The Kier molecular flexibility index (Phi) is 6.47. The Morgan fingerprint density at radius 3 is 2.38 bits per heavy atom. The molecule has 1 N–H and O–H groups in total. The molecule has 1 aliphatic heterocycles. The number of aliphatic hydroxyl groups is 1. The average Bonchev–Trinajstić information content (AvgIpc) is 2.90. The Balaban J connectivity index is 1.82. The van der Waals surface area contributed by atoms with Gasteiger partial charge in [0.05, 0.1) is 11.4 Å². The summed E-state index contributed by atoms with van der Waals surface area (Å²) >= 11 is 12.3. The van der Waals surface area contributed by atoms with E-state index in [1.165, 1.54) is 4.90 Å². The second kappa shape index (κ2) is 9.29. The van der Waals surface area contributed by atoms with Gasteiger partial charge in [-0.2, -0.15) is 0 Å². The van der Waals surface area contributed by atoms with Crippen molar-refractivity contribution in [1.29, 1.82) is 0 Å². The molecule has 4 rings (SSSR count). The minimum absolute atomic E-state index is 0.296. The number of fused-ring (bicyclic) bond motifs is 1. The van der Waals surface area contributed by atoms with Gasteiger partial charge in [-0.25, -0.2) is 0 Å². The van der Waals surface area contributed by atoms with E-state index in [1.807, 2.05) is 48.5 Å². The van der Waals surface area contributed by atoms with Gasteiger partial charge in [0.1, 0.15) is 6.10 Å². The van der Waals surface area contributed by atoms with Gasteiger partial charge in [-0.05, 0) is 48.4 Å². The van der Waals surface area contributed by atoms with E-state index in [9.17, 15) is 9.90 Å². The number of hydrogen-bond acceptors (Lipinski definition) is 3. The van der Waals surface area contributed by atoms with Crippen molar-refractivity contribution in [3.8, 4) is 0 Å². The van der Waals surface area contributed by atoms with Crippen LogP contribution in [-0.4, -0.2) is 35.9 Å². The minimum atomic E-state index is -1.11. The maximum Gasteiger partial charge on any atom is 0.254 e. The van der Waals surface area contributed by atoms with Gasteiger partial charge >= 0.3 is 0 Å². The molecule has 0 radical (unpaired) electrons. The van der Waals surface area contributed by atoms with Gasteiger partial charge in [0, 0.05) is 28.2 Å². The summed E-state index contributed by atoms with van der Waals surface area (Å²) in [5, 5.41) is 12.4. The highest BCUT2D eigenvalue weighted by Gasteiger charge is 2.35. The fourth-order valence-corrected chi connectivity index (χ4v) is 4.06. The van der Waals surface area contributed by atoms with E-state index in [1.54, 1.807) is 44.3 Å². The van der Waals surface area contributed by atoms with E-state index in [-0.39, 0.29) is 5.91 Å². The molecule has 6 heteroatoms. The number of halogens is 2. The van der Waals surface area contributed by atoms with Crippen LogP contribution in [0.25, 0.3) is 6.08 Å². The third-order valence-corrected chi connectivity index (χ3v) is 5.99. The quantitative estimate of drug-likeness (QED) is 0.542. The van der Waals surface area contributed by atoms with Crippen molar-refractivity contribution >= 4 is 46.6 Å². The number of amides is 1. The Morgan fingerprint density at radius 1 is 1.03 bits per heavy atom. The van der Waals surface area contributed by atoms with Gasteiger partial charge in [0.2, 0.25) is 0 Å². The van der Waals surface area contributed by atoms with Crippen LogP contribution in [0.3, 0.4) is 0 Å². The lowest BCUT2D eigenvalue weighted by atomic mass is 9.99. The van der Waals surface area contributed by atoms with Crippen molar-refractivity contribution in [2.75, 3.05) is 11.9 Å². The Morgan fingerprint density at radius 2 is 1.69 bits per heavy atom. The van der Waals surface area contributed by atoms with Crippen LogP contribution in [-0.2, 0) is 4.79 Å². The molecule has 2 atom stereocenters. The highest BCUT2D eigenvalue weighted by atomic mass is 35.5. The molecule has 0 saturated carbocycles. The Bertz CT molecular complexity index is 1200. The van der Waals surface area contributed by atoms with Gasteiger partial charge in [-0.3, -0.25) is 9.79 Å². The smallest absolute Gasteiger partial charge is 0.254 e. The lowest BCUT2D eigenvalue weighted by molar-refractivity contribution is -0.121. The molecule has 32 heavy (non-hydrogen) atoms. The molecule has 3 aromatic carbocycles. The molecule has 1 aliphatic rings. The second-order valence-corrected chi connectivity index (χ2v) is 8.60. The maximum atomic E-state index is 13.4. The van der Waals surface area contributed by atoms with E-state index in [0.29, 0.717) is 27.0 Å². The summed E-state index contributed by atoms with van der Waals surface area (Å²) in [4.78, 5) is 19.7. The number of aliphatic imine (C=N–C) groups is 1. The standard InChI is InChI=1S/C26H22Cl2N2O2/c1-16(14-17-8-10-19(27)11-9-17)25(31)24-26(32)30(2)22-13-12-20(28)15-21(22)23(29-24)18-6-4-3-5-7-18/h3-15,24-25,31H,1-2H3/b16-14+/t24-,25+/m0/s1. The molecule has 1 amide bonds. The first-order valence-corrected chi connectivity index (χ1v) is 10.9. The van der Waals surface area contributed by atoms with Crippen LogP contribution in [0.4, 0.5) is 5.69 Å². The van der Waals surface area contributed by atoms with E-state index in [2.05, 4.69) is 0 Å². The first-order valence-electron chi connectivity index (χ1n) is 10.2. The molecule has 0 saturated heterocycles. The van der Waals surface area contributed by atoms with Gasteiger partial charge in [0.15, 0.2) is 6.04 Å². The van der Waals surface area contributed by atoms with Gasteiger partial charge in [-0.1, -0.05) is 71.7 Å². The molecule has 4 nitrogen and oxygen atoms in total. The van der Waals surface area contributed by atoms with Gasteiger partial charge in [-0.15, -0.1) is 0 Å². The van der Waals surface area contributed by atoms with Gasteiger partial charge in [0.25, 0.3) is 5.91 Å². The molecule has 0 spiro atoms. The average molecular weight is 465 g/mol. The molecule has 0 unspecified atom stereocenters. The molecule has 162 valence electrons. The zero-order chi connectivity index (χ0) is 22.8. The Hall–Kier alpha value is -2.92. The molecule has 0 aliphatic carbocycles. The monoisotopic (exact) mass is 464 g/mol. The molecule has 1 heterocycles. The van der Waals surface area contributed by atoms with E-state index < -0.39 is 12.1 Å². The number of aliphatic hydroxyl groups excluding tert-OH is 1. The predicted octanol–water partition coefficient (Wildman–Crippen LogP) is 5.64. The third-order valence-electron chi connectivity index (χ3n) is 5.50. The van der Waals surface area contributed by atoms with Crippen molar-refractivity contribution in [2.24, 2.45) is 4.99 Å². The van der Waals surface area contributed by atoms with Crippen molar-refractivity contribution in [1.82, 2.24) is 0 Å². The summed E-state index contributed by atoms with van der Waals surface area (Å²) in [6, 6.07) is 21.2. The molecular weight excluding hydrogens is 443 g/mol. The molecule has 0 bridgehead atoms. The number of benzene rings is 3. The van der Waals surface area contributed by atoms with Crippen LogP contribution < -0.4 is 4.90 Å². The van der Waals surface area contributed by atoms with E-state index >= 15 is 0 Å². The number of hydrogen-bond donors (Lipinski definition) is 1. The summed E-state index contributed by atoms with van der Waals surface area (Å²) < 4.78 is 0. The number of carbonyl (C=O) groups is 1. The number of anilines is 1. The Labute approximate surface area is 197 Å². The number of carbonyl (C=O) groups excluding carboxylic acids is 1. The fourth-order valence-electron chi connectivity index (χ4n) is 3.76. The fraction of sp³-hybridized carbons (Fsp3) is 0.154. The van der Waals surface area contributed by atoms with Crippen molar-refractivity contribution in [3.63, 3.8) is 0 Å². The zero-order valence-corrected chi connectivity index (χ0v) is 19.2. The van der Waals surface area contributed by atoms with E-state index in [4.69, 9.17) is 28.2 Å². The summed E-state index contributed by atoms with van der Waals surface area (Å²) in [7, 11) is 1.69. The largest absolute Gasteiger partial charge is 0.386 e. The highest BCUT2D eigenvalue weighted by molar-refractivity contribution is 6.32. The van der Waals surface area contributed by atoms with Crippen LogP contribution >= 0.6 is 23.2 Å². The van der Waals surface area contributed by atoms with Crippen LogP contribution in [0.5, 0.6) is 0 Å². The van der Waals surface area contributed by atoms with Crippen LogP contribution in [0, 0.1) is 0 Å². The number of benzodiazepines with no additional fused rings is 1. The number of rotatable bonds is 4. The van der Waals surface area contributed by atoms with E-state index in [0.717, 1.165) is 16.7 Å². The first-order chi connectivity index (χ1) is 15.3. The minimum Gasteiger partial charge on any atom is -0.386 e. The van der Waals surface area contributed by atoms with Crippen molar-refractivity contribution in [2.45, 2.75) is 19.1 Å². The summed E-state index contributed by atoms with van der Waals surface area (Å²) in [6.45, 7) is 1.79.